The SMILES string of the molecule is CC[C@H](C)NC(=O)[C@H](Cc1ccccc1)N(Cc1cccc(Cl)c1)C(=O)CN(c1cc(C(F)(F)F)ccc1Cl)S(C)(=O)=O. The Hall–Kier alpha value is -3.28. The second-order valence-corrected chi connectivity index (χ2v) is 12.9. The summed E-state index contributed by atoms with van der Waals surface area (Å²) in [5, 5.41) is 2.97. The minimum atomic E-state index is -4.79. The van der Waals surface area contributed by atoms with Crippen molar-refractivity contribution in [1.82, 2.24) is 10.2 Å². The van der Waals surface area contributed by atoms with E-state index in [1.54, 1.807) is 54.6 Å². The smallest absolute Gasteiger partial charge is 0.352 e. The second kappa shape index (κ2) is 14.5. The Labute approximate surface area is 259 Å². The standard InChI is InChI=1S/C30H32Cl2F3N3O4S/c1-4-20(2)36-29(40)27(16-21-9-6-5-7-10-21)37(18-22-11-8-12-24(31)15-22)28(39)19-38(43(3,41)42)26-17-23(30(33,34)35)13-14-25(26)32/h5-15,17,20,27H,4,16,18-19H2,1-3H3,(H,36,40)/t20-,27-/m0/s1. The third-order valence-corrected chi connectivity index (χ3v) is 8.42. The molecule has 0 aliphatic carbocycles. The van der Waals surface area contributed by atoms with Crippen LogP contribution in [-0.2, 0) is 38.8 Å². The van der Waals surface area contributed by atoms with E-state index in [9.17, 15) is 31.2 Å². The van der Waals surface area contributed by atoms with Crippen molar-refractivity contribution in [3.63, 3.8) is 0 Å². The number of hydrogen-bond donors (Lipinski definition) is 1. The molecule has 3 rings (SSSR count). The van der Waals surface area contributed by atoms with Crippen LogP contribution in [0.5, 0.6) is 0 Å². The molecule has 2 atom stereocenters. The molecule has 0 spiro atoms. The van der Waals surface area contributed by atoms with E-state index in [1.165, 1.54) is 4.90 Å². The summed E-state index contributed by atoms with van der Waals surface area (Å²) >= 11 is 12.4. The number of amides is 2. The van der Waals surface area contributed by atoms with Gasteiger partial charge in [-0.3, -0.25) is 13.9 Å². The van der Waals surface area contributed by atoms with Gasteiger partial charge in [0.1, 0.15) is 12.6 Å². The van der Waals surface area contributed by atoms with Crippen LogP contribution in [0.25, 0.3) is 0 Å². The molecule has 0 aromatic heterocycles. The number of sulfonamides is 1. The molecule has 0 radical (unpaired) electrons. The molecule has 13 heteroatoms. The largest absolute Gasteiger partial charge is 0.416 e. The van der Waals surface area contributed by atoms with E-state index in [4.69, 9.17) is 23.2 Å². The Kier molecular flexibility index (Phi) is 11.5. The number of rotatable bonds is 12. The van der Waals surface area contributed by atoms with Crippen molar-refractivity contribution in [2.45, 2.75) is 51.5 Å². The molecular formula is C30H32Cl2F3N3O4S. The van der Waals surface area contributed by atoms with Gasteiger partial charge in [-0.15, -0.1) is 0 Å². The summed E-state index contributed by atoms with van der Waals surface area (Å²) in [6.45, 7) is 2.64. The molecule has 3 aromatic carbocycles. The lowest BCUT2D eigenvalue weighted by Gasteiger charge is -2.34. The van der Waals surface area contributed by atoms with Crippen LogP contribution in [0.3, 0.4) is 0 Å². The van der Waals surface area contributed by atoms with E-state index >= 15 is 0 Å². The van der Waals surface area contributed by atoms with Gasteiger partial charge in [0.25, 0.3) is 0 Å². The van der Waals surface area contributed by atoms with Crippen molar-refractivity contribution < 1.29 is 31.2 Å². The lowest BCUT2D eigenvalue weighted by Crippen LogP contribution is -2.54. The molecule has 0 bridgehead atoms. The van der Waals surface area contributed by atoms with Gasteiger partial charge in [0.05, 0.1) is 22.5 Å². The Balaban J connectivity index is 2.12. The van der Waals surface area contributed by atoms with Gasteiger partial charge in [0, 0.05) is 24.0 Å². The molecule has 0 aliphatic heterocycles. The van der Waals surface area contributed by atoms with Crippen LogP contribution in [0, 0.1) is 0 Å². The highest BCUT2D eigenvalue weighted by molar-refractivity contribution is 7.92. The van der Waals surface area contributed by atoms with E-state index in [0.29, 0.717) is 33.4 Å². The zero-order valence-electron chi connectivity index (χ0n) is 23.7. The summed E-state index contributed by atoms with van der Waals surface area (Å²) in [4.78, 5) is 29.0. The van der Waals surface area contributed by atoms with E-state index in [-0.39, 0.29) is 24.0 Å². The fourth-order valence-corrected chi connectivity index (χ4v) is 5.64. The number of anilines is 1. The van der Waals surface area contributed by atoms with Crippen molar-refractivity contribution in [3.05, 3.63) is 99.5 Å². The van der Waals surface area contributed by atoms with Gasteiger partial charge >= 0.3 is 6.18 Å². The Bertz CT molecular complexity index is 1540. The summed E-state index contributed by atoms with van der Waals surface area (Å²) in [5.41, 5.74) is -0.368. The van der Waals surface area contributed by atoms with E-state index in [1.807, 2.05) is 13.8 Å². The van der Waals surface area contributed by atoms with Crippen LogP contribution in [0.15, 0.2) is 72.8 Å². The number of hydrogen-bond acceptors (Lipinski definition) is 4. The van der Waals surface area contributed by atoms with E-state index in [2.05, 4.69) is 5.32 Å². The van der Waals surface area contributed by atoms with Gasteiger partial charge in [0.15, 0.2) is 0 Å². The topological polar surface area (TPSA) is 86.8 Å². The van der Waals surface area contributed by atoms with Gasteiger partial charge < -0.3 is 10.2 Å². The van der Waals surface area contributed by atoms with Crippen molar-refractivity contribution >= 4 is 50.7 Å². The molecule has 0 aliphatic rings. The number of nitrogens with one attached hydrogen (secondary N) is 1. The molecule has 2 amide bonds. The molecule has 0 saturated carbocycles. The first-order valence-electron chi connectivity index (χ1n) is 13.3. The molecule has 1 N–H and O–H groups in total. The average Bonchev–Trinajstić information content (AvgIpc) is 2.93. The Morgan fingerprint density at radius 3 is 2.19 bits per heavy atom. The third kappa shape index (κ3) is 9.61. The second-order valence-electron chi connectivity index (χ2n) is 10.1. The first-order valence-corrected chi connectivity index (χ1v) is 15.9. The zero-order chi connectivity index (χ0) is 31.9. The first-order chi connectivity index (χ1) is 20.1. The highest BCUT2D eigenvalue weighted by Gasteiger charge is 2.36. The zero-order valence-corrected chi connectivity index (χ0v) is 26.1. The van der Waals surface area contributed by atoms with E-state index < -0.39 is 51.9 Å². The van der Waals surface area contributed by atoms with Gasteiger partial charge in [0.2, 0.25) is 21.8 Å². The van der Waals surface area contributed by atoms with Crippen LogP contribution in [0.4, 0.5) is 18.9 Å². The Morgan fingerprint density at radius 1 is 0.953 bits per heavy atom. The maximum atomic E-state index is 14.1. The van der Waals surface area contributed by atoms with Crippen LogP contribution in [-0.4, -0.2) is 50.0 Å². The van der Waals surface area contributed by atoms with Crippen LogP contribution in [0.2, 0.25) is 10.0 Å². The van der Waals surface area contributed by atoms with Crippen LogP contribution < -0.4 is 9.62 Å². The number of alkyl halides is 3. The molecule has 232 valence electrons. The summed E-state index contributed by atoms with van der Waals surface area (Å²) < 4.78 is 66.9. The van der Waals surface area contributed by atoms with Gasteiger partial charge in [-0.05, 0) is 54.8 Å². The minimum absolute atomic E-state index is 0.0819. The highest BCUT2D eigenvalue weighted by Crippen LogP contribution is 2.36. The van der Waals surface area contributed by atoms with Gasteiger partial charge in [-0.1, -0.05) is 72.6 Å². The fraction of sp³-hybridized carbons (Fsp3) is 0.333. The van der Waals surface area contributed by atoms with Crippen LogP contribution in [0.1, 0.15) is 37.0 Å². The van der Waals surface area contributed by atoms with E-state index in [0.717, 1.165) is 17.9 Å². The number of carbonyl (C=O) groups excluding carboxylic acids is 2. The molecule has 0 fully saturated rings. The van der Waals surface area contributed by atoms with Crippen molar-refractivity contribution in [3.8, 4) is 0 Å². The lowest BCUT2D eigenvalue weighted by molar-refractivity contribution is -0.140. The lowest BCUT2D eigenvalue weighted by atomic mass is 10.0. The Morgan fingerprint density at radius 2 is 1.60 bits per heavy atom. The summed E-state index contributed by atoms with van der Waals surface area (Å²) in [6.07, 6.45) is -3.34. The summed E-state index contributed by atoms with van der Waals surface area (Å²) in [7, 11) is -4.33. The predicted molar refractivity (Wildman–Crippen MR) is 162 cm³/mol. The van der Waals surface area contributed by atoms with Gasteiger partial charge in [-0.25, -0.2) is 8.42 Å². The van der Waals surface area contributed by atoms with Crippen molar-refractivity contribution in [2.24, 2.45) is 0 Å². The molecule has 0 saturated heterocycles. The monoisotopic (exact) mass is 657 g/mol. The predicted octanol–water partition coefficient (Wildman–Crippen LogP) is 6.33. The molecule has 7 nitrogen and oxygen atoms in total. The highest BCUT2D eigenvalue weighted by atomic mass is 35.5. The van der Waals surface area contributed by atoms with Gasteiger partial charge in [-0.2, -0.15) is 13.2 Å². The summed E-state index contributed by atoms with van der Waals surface area (Å²) in [5.74, 6) is -1.31. The molecule has 0 unspecified atom stereocenters. The summed E-state index contributed by atoms with van der Waals surface area (Å²) in [6, 6.07) is 16.4. The van der Waals surface area contributed by atoms with Crippen molar-refractivity contribution in [2.75, 3.05) is 17.1 Å². The molecule has 0 heterocycles. The number of carbonyl (C=O) groups is 2. The average molecular weight is 659 g/mol. The normalized spacial score (nSPS) is 13.2. The molecular weight excluding hydrogens is 626 g/mol. The maximum Gasteiger partial charge on any atom is 0.416 e. The maximum absolute atomic E-state index is 14.1. The quantitative estimate of drug-likeness (QED) is 0.247. The third-order valence-electron chi connectivity index (χ3n) is 6.74. The first kappa shape index (κ1) is 34.2. The minimum Gasteiger partial charge on any atom is -0.352 e. The van der Waals surface area contributed by atoms with Crippen molar-refractivity contribution in [1.29, 1.82) is 0 Å². The van der Waals surface area contributed by atoms with Crippen LogP contribution >= 0.6 is 23.2 Å². The number of halogens is 5. The number of nitrogens with zero attached hydrogens (tertiary/aromatic N) is 2. The fourth-order valence-electron chi connectivity index (χ4n) is 4.30. The molecule has 3 aromatic rings. The molecule has 43 heavy (non-hydrogen) atoms. The number of benzene rings is 3.